The maximum atomic E-state index is 8.76. The molecule has 1 aromatic rings. The molecule has 0 radical (unpaired) electrons. The van der Waals surface area contributed by atoms with Crippen LogP contribution in [-0.4, -0.2) is 24.8 Å². The lowest BCUT2D eigenvalue weighted by atomic mass is 10.2. The van der Waals surface area contributed by atoms with E-state index in [1.165, 1.54) is 5.69 Å². The molecule has 1 rings (SSSR count). The molecule has 0 saturated carbocycles. The Kier molecular flexibility index (Phi) is 6.48. The van der Waals surface area contributed by atoms with E-state index in [9.17, 15) is 0 Å². The maximum absolute atomic E-state index is 8.76. The van der Waals surface area contributed by atoms with E-state index >= 15 is 0 Å². The Morgan fingerprint density at radius 2 is 2.00 bits per heavy atom. The monoisotopic (exact) mass is 236 g/mol. The molecular weight excluding hydrogens is 212 g/mol. The van der Waals surface area contributed by atoms with Crippen LogP contribution in [0.4, 0.5) is 11.4 Å². The van der Waals surface area contributed by atoms with Gasteiger partial charge in [-0.1, -0.05) is 13.0 Å². The second kappa shape index (κ2) is 7.96. The number of anilines is 2. The third-order valence-electron chi connectivity index (χ3n) is 2.82. The summed E-state index contributed by atoms with van der Waals surface area (Å²) in [5.74, 6) is 0. The van der Waals surface area contributed by atoms with Crippen molar-refractivity contribution in [1.29, 1.82) is 0 Å². The van der Waals surface area contributed by atoms with E-state index in [1.54, 1.807) is 0 Å². The van der Waals surface area contributed by atoms with Gasteiger partial charge in [0.2, 0.25) is 0 Å². The molecule has 0 heterocycles. The first-order chi connectivity index (χ1) is 8.27. The zero-order valence-corrected chi connectivity index (χ0v) is 10.7. The van der Waals surface area contributed by atoms with Gasteiger partial charge in [0.15, 0.2) is 0 Å². The van der Waals surface area contributed by atoms with Gasteiger partial charge in [-0.15, -0.1) is 0 Å². The van der Waals surface area contributed by atoms with Gasteiger partial charge >= 0.3 is 0 Å². The van der Waals surface area contributed by atoms with E-state index in [0.717, 1.165) is 44.5 Å². The highest BCUT2D eigenvalue weighted by Gasteiger charge is 2.05. The molecule has 3 nitrogen and oxygen atoms in total. The second-order valence-electron chi connectivity index (χ2n) is 4.37. The first-order valence-electron chi connectivity index (χ1n) is 6.49. The lowest BCUT2D eigenvalue weighted by molar-refractivity contribution is 0.283. The Balaban J connectivity index is 2.52. The van der Waals surface area contributed by atoms with Crippen molar-refractivity contribution in [3.05, 3.63) is 24.3 Å². The summed E-state index contributed by atoms with van der Waals surface area (Å²) in [6, 6.07) is 8.06. The zero-order valence-electron chi connectivity index (χ0n) is 10.7. The lowest BCUT2D eigenvalue weighted by Gasteiger charge is -2.24. The van der Waals surface area contributed by atoms with Crippen molar-refractivity contribution in [2.45, 2.75) is 32.6 Å². The van der Waals surface area contributed by atoms with Crippen LogP contribution < -0.4 is 10.6 Å². The highest BCUT2D eigenvalue weighted by molar-refractivity contribution is 5.55. The van der Waals surface area contributed by atoms with Crippen LogP contribution in [0.2, 0.25) is 0 Å². The molecule has 0 saturated heterocycles. The van der Waals surface area contributed by atoms with Gasteiger partial charge in [0, 0.05) is 31.1 Å². The van der Waals surface area contributed by atoms with Crippen molar-refractivity contribution in [2.24, 2.45) is 0 Å². The minimum absolute atomic E-state index is 0.298. The zero-order chi connectivity index (χ0) is 12.5. The molecule has 0 aromatic heterocycles. The number of hydrogen-bond acceptors (Lipinski definition) is 3. The van der Waals surface area contributed by atoms with Crippen LogP contribution in [0.15, 0.2) is 24.3 Å². The summed E-state index contributed by atoms with van der Waals surface area (Å²) in [5.41, 5.74) is 7.83. The molecule has 1 aromatic carbocycles. The minimum atomic E-state index is 0.298. The van der Waals surface area contributed by atoms with Crippen LogP contribution in [0.25, 0.3) is 0 Å². The van der Waals surface area contributed by atoms with Crippen molar-refractivity contribution in [3.63, 3.8) is 0 Å². The number of aliphatic hydroxyl groups excluding tert-OH is 1. The van der Waals surface area contributed by atoms with Gasteiger partial charge in [-0.25, -0.2) is 0 Å². The number of aliphatic hydroxyl groups is 1. The molecule has 3 heteroatoms. The summed E-state index contributed by atoms with van der Waals surface area (Å²) < 4.78 is 0. The van der Waals surface area contributed by atoms with Crippen LogP contribution in [0.5, 0.6) is 0 Å². The van der Waals surface area contributed by atoms with Gasteiger partial charge in [0.25, 0.3) is 0 Å². The Morgan fingerprint density at radius 1 is 1.18 bits per heavy atom. The molecular formula is C14H24N2O. The molecule has 0 aliphatic heterocycles. The molecule has 96 valence electrons. The third kappa shape index (κ3) is 5.09. The number of hydrogen-bond donors (Lipinski definition) is 2. The van der Waals surface area contributed by atoms with E-state index < -0.39 is 0 Å². The van der Waals surface area contributed by atoms with Crippen molar-refractivity contribution >= 4 is 11.4 Å². The summed E-state index contributed by atoms with van der Waals surface area (Å²) in [6.45, 7) is 4.58. The van der Waals surface area contributed by atoms with Crippen molar-refractivity contribution in [1.82, 2.24) is 0 Å². The lowest BCUT2D eigenvalue weighted by Crippen LogP contribution is -2.25. The molecule has 0 amide bonds. The largest absolute Gasteiger partial charge is 0.399 e. The van der Waals surface area contributed by atoms with Gasteiger partial charge in [-0.05, 0) is 43.9 Å². The average Bonchev–Trinajstić information content (AvgIpc) is 2.33. The van der Waals surface area contributed by atoms with E-state index in [0.29, 0.717) is 6.61 Å². The van der Waals surface area contributed by atoms with Crippen LogP contribution in [0, 0.1) is 0 Å². The van der Waals surface area contributed by atoms with Crippen LogP contribution in [-0.2, 0) is 0 Å². The van der Waals surface area contributed by atoms with Crippen LogP contribution in [0.1, 0.15) is 32.6 Å². The number of unbranched alkanes of at least 4 members (excludes halogenated alkanes) is 2. The Hall–Kier alpha value is -1.22. The molecule has 0 unspecified atom stereocenters. The summed E-state index contributed by atoms with van der Waals surface area (Å²) >= 11 is 0. The summed E-state index contributed by atoms with van der Waals surface area (Å²) in [5, 5.41) is 8.76. The third-order valence-corrected chi connectivity index (χ3v) is 2.82. The smallest absolute Gasteiger partial charge is 0.0431 e. The van der Waals surface area contributed by atoms with E-state index in [2.05, 4.69) is 17.9 Å². The molecule has 0 atom stereocenters. The van der Waals surface area contributed by atoms with Gasteiger partial charge in [0.05, 0.1) is 0 Å². The fourth-order valence-corrected chi connectivity index (χ4v) is 1.95. The summed E-state index contributed by atoms with van der Waals surface area (Å²) in [4.78, 5) is 2.37. The first-order valence-corrected chi connectivity index (χ1v) is 6.49. The predicted octanol–water partition coefficient (Wildman–Crippen LogP) is 2.65. The number of nitrogen functional groups attached to an aromatic ring is 1. The van der Waals surface area contributed by atoms with E-state index in [-0.39, 0.29) is 0 Å². The summed E-state index contributed by atoms with van der Waals surface area (Å²) in [6.07, 6.45) is 4.24. The Bertz CT molecular complexity index is 315. The molecule has 0 bridgehead atoms. The van der Waals surface area contributed by atoms with Crippen LogP contribution in [0.3, 0.4) is 0 Å². The van der Waals surface area contributed by atoms with Gasteiger partial charge < -0.3 is 15.7 Å². The van der Waals surface area contributed by atoms with E-state index in [4.69, 9.17) is 10.8 Å². The van der Waals surface area contributed by atoms with Gasteiger partial charge in [0.1, 0.15) is 0 Å². The topological polar surface area (TPSA) is 49.5 Å². The number of benzene rings is 1. The number of nitrogens with two attached hydrogens (primary N) is 1. The standard InChI is InChI=1S/C14H24N2O/c1-2-9-16(10-4-3-5-11-17)14-8-6-7-13(15)12-14/h6-8,12,17H,2-5,9-11,15H2,1H3. The van der Waals surface area contributed by atoms with E-state index in [1.807, 2.05) is 18.2 Å². The normalized spacial score (nSPS) is 10.5. The fourth-order valence-electron chi connectivity index (χ4n) is 1.95. The molecule has 0 aliphatic rings. The van der Waals surface area contributed by atoms with Crippen molar-refractivity contribution < 1.29 is 5.11 Å². The molecule has 0 spiro atoms. The Labute approximate surface area is 104 Å². The quantitative estimate of drug-likeness (QED) is 0.539. The molecule has 0 aliphatic carbocycles. The molecule has 3 N–H and O–H groups in total. The van der Waals surface area contributed by atoms with Gasteiger partial charge in [-0.3, -0.25) is 0 Å². The highest BCUT2D eigenvalue weighted by atomic mass is 16.2. The van der Waals surface area contributed by atoms with Gasteiger partial charge in [-0.2, -0.15) is 0 Å². The maximum Gasteiger partial charge on any atom is 0.0431 e. The van der Waals surface area contributed by atoms with Crippen molar-refractivity contribution in [2.75, 3.05) is 30.3 Å². The summed E-state index contributed by atoms with van der Waals surface area (Å²) in [7, 11) is 0. The molecule has 17 heavy (non-hydrogen) atoms. The number of rotatable bonds is 8. The molecule has 0 fully saturated rings. The fraction of sp³-hybridized carbons (Fsp3) is 0.571. The van der Waals surface area contributed by atoms with Crippen molar-refractivity contribution in [3.8, 4) is 0 Å². The van der Waals surface area contributed by atoms with Crippen LogP contribution >= 0.6 is 0 Å². The predicted molar refractivity (Wildman–Crippen MR) is 74.3 cm³/mol. The SMILES string of the molecule is CCCN(CCCCCO)c1cccc(N)c1. The highest BCUT2D eigenvalue weighted by Crippen LogP contribution is 2.18. The number of nitrogens with zero attached hydrogens (tertiary/aromatic N) is 1. The minimum Gasteiger partial charge on any atom is -0.399 e. The second-order valence-corrected chi connectivity index (χ2v) is 4.37. The Morgan fingerprint density at radius 3 is 2.65 bits per heavy atom. The average molecular weight is 236 g/mol. The first kappa shape index (κ1) is 13.8.